The number of thiazole rings is 1. The second-order valence-electron chi connectivity index (χ2n) is 3.62. The molecule has 0 bridgehead atoms. The summed E-state index contributed by atoms with van der Waals surface area (Å²) < 4.78 is 37.3. The highest BCUT2D eigenvalue weighted by atomic mass is 32.1. The highest BCUT2D eigenvalue weighted by molar-refractivity contribution is 7.09. The average molecular weight is 273 g/mol. The zero-order valence-corrected chi connectivity index (χ0v) is 10.3. The summed E-state index contributed by atoms with van der Waals surface area (Å²) in [6.07, 6.45) is -4.42. The molecule has 18 heavy (non-hydrogen) atoms. The molecule has 0 amide bonds. The first kappa shape index (κ1) is 12.8. The van der Waals surface area contributed by atoms with Crippen LogP contribution in [-0.4, -0.2) is 9.97 Å². The van der Waals surface area contributed by atoms with Crippen molar-refractivity contribution in [2.45, 2.75) is 19.6 Å². The van der Waals surface area contributed by atoms with Crippen LogP contribution in [0, 0.1) is 6.92 Å². The Morgan fingerprint density at radius 1 is 1.28 bits per heavy atom. The third kappa shape index (κ3) is 3.19. The Morgan fingerprint density at radius 3 is 2.67 bits per heavy atom. The van der Waals surface area contributed by atoms with Gasteiger partial charge in [-0.15, -0.1) is 11.3 Å². The van der Waals surface area contributed by atoms with Gasteiger partial charge in [0.1, 0.15) is 11.5 Å². The molecule has 0 aliphatic heterocycles. The predicted molar refractivity (Wildman–Crippen MR) is 63.4 cm³/mol. The van der Waals surface area contributed by atoms with Gasteiger partial charge in [0.15, 0.2) is 0 Å². The standard InChI is InChI=1S/C11H10F3N3S/c1-7-16-8(6-18-7)5-15-10-4-2-3-9(17-10)11(12,13)14/h2-4,6H,5H2,1H3,(H,15,17). The number of hydrogen-bond donors (Lipinski definition) is 1. The number of anilines is 1. The van der Waals surface area contributed by atoms with E-state index in [4.69, 9.17) is 0 Å². The molecule has 0 saturated heterocycles. The van der Waals surface area contributed by atoms with Gasteiger partial charge in [0.25, 0.3) is 0 Å². The first-order valence-corrected chi connectivity index (χ1v) is 6.02. The van der Waals surface area contributed by atoms with E-state index in [-0.39, 0.29) is 5.82 Å². The predicted octanol–water partition coefficient (Wildman–Crippen LogP) is 3.48. The molecule has 3 nitrogen and oxygen atoms in total. The van der Waals surface area contributed by atoms with Crippen molar-refractivity contribution in [3.63, 3.8) is 0 Å². The van der Waals surface area contributed by atoms with Crippen LogP contribution in [0.2, 0.25) is 0 Å². The van der Waals surface area contributed by atoms with Crippen molar-refractivity contribution in [2.75, 3.05) is 5.32 Å². The van der Waals surface area contributed by atoms with Crippen LogP contribution in [0.1, 0.15) is 16.4 Å². The van der Waals surface area contributed by atoms with Crippen LogP contribution >= 0.6 is 11.3 Å². The van der Waals surface area contributed by atoms with Crippen LogP contribution < -0.4 is 5.32 Å². The van der Waals surface area contributed by atoms with Gasteiger partial charge in [0.05, 0.1) is 17.2 Å². The molecule has 0 saturated carbocycles. The van der Waals surface area contributed by atoms with Crippen molar-refractivity contribution < 1.29 is 13.2 Å². The third-order valence-electron chi connectivity index (χ3n) is 2.16. The highest BCUT2D eigenvalue weighted by Gasteiger charge is 2.32. The molecular weight excluding hydrogens is 263 g/mol. The molecular formula is C11H10F3N3S. The number of rotatable bonds is 3. The zero-order chi connectivity index (χ0) is 13.2. The van der Waals surface area contributed by atoms with E-state index in [1.165, 1.54) is 23.5 Å². The first-order chi connectivity index (χ1) is 8.45. The maximum Gasteiger partial charge on any atom is 0.433 e. The number of alkyl halides is 3. The van der Waals surface area contributed by atoms with Gasteiger partial charge in [-0.3, -0.25) is 0 Å². The average Bonchev–Trinajstić information content (AvgIpc) is 2.72. The van der Waals surface area contributed by atoms with Gasteiger partial charge in [0, 0.05) is 5.38 Å². The minimum absolute atomic E-state index is 0.190. The molecule has 2 aromatic heterocycles. The third-order valence-corrected chi connectivity index (χ3v) is 2.98. The van der Waals surface area contributed by atoms with Gasteiger partial charge >= 0.3 is 6.18 Å². The molecule has 0 aromatic carbocycles. The second kappa shape index (κ2) is 4.93. The summed E-state index contributed by atoms with van der Waals surface area (Å²) in [6.45, 7) is 2.23. The summed E-state index contributed by atoms with van der Waals surface area (Å²) in [5, 5.41) is 5.60. The lowest BCUT2D eigenvalue weighted by Gasteiger charge is -2.08. The Balaban J connectivity index is 2.06. The Morgan fingerprint density at radius 2 is 2.06 bits per heavy atom. The van der Waals surface area contributed by atoms with E-state index in [0.29, 0.717) is 6.54 Å². The van der Waals surface area contributed by atoms with E-state index in [9.17, 15) is 13.2 Å². The number of pyridine rings is 1. The topological polar surface area (TPSA) is 37.8 Å². The summed E-state index contributed by atoms with van der Waals surface area (Å²) in [5.41, 5.74) is -0.112. The van der Waals surface area contributed by atoms with Crippen molar-refractivity contribution in [3.8, 4) is 0 Å². The molecule has 96 valence electrons. The van der Waals surface area contributed by atoms with Gasteiger partial charge in [-0.1, -0.05) is 6.07 Å². The van der Waals surface area contributed by atoms with E-state index in [2.05, 4.69) is 15.3 Å². The molecule has 2 rings (SSSR count). The Bertz CT molecular complexity index is 536. The molecule has 0 spiro atoms. The number of nitrogens with zero attached hydrogens (tertiary/aromatic N) is 2. The van der Waals surface area contributed by atoms with Crippen molar-refractivity contribution in [3.05, 3.63) is 40.0 Å². The molecule has 0 aliphatic carbocycles. The highest BCUT2D eigenvalue weighted by Crippen LogP contribution is 2.28. The van der Waals surface area contributed by atoms with Gasteiger partial charge < -0.3 is 5.32 Å². The lowest BCUT2D eigenvalue weighted by Crippen LogP contribution is -2.10. The molecule has 0 unspecified atom stereocenters. The minimum atomic E-state index is -4.42. The van der Waals surface area contributed by atoms with Crippen molar-refractivity contribution >= 4 is 17.2 Å². The fraction of sp³-hybridized carbons (Fsp3) is 0.273. The van der Waals surface area contributed by atoms with Gasteiger partial charge in [0.2, 0.25) is 0 Å². The summed E-state index contributed by atoms with van der Waals surface area (Å²) in [6, 6.07) is 3.76. The van der Waals surface area contributed by atoms with Crippen LogP contribution in [0.15, 0.2) is 23.6 Å². The quantitative estimate of drug-likeness (QED) is 0.930. The number of aryl methyl sites for hydroxylation is 1. The van der Waals surface area contributed by atoms with Crippen molar-refractivity contribution in [1.82, 2.24) is 9.97 Å². The first-order valence-electron chi connectivity index (χ1n) is 5.14. The fourth-order valence-corrected chi connectivity index (χ4v) is 1.97. The summed E-state index contributed by atoms with van der Waals surface area (Å²) >= 11 is 1.50. The van der Waals surface area contributed by atoms with E-state index in [0.717, 1.165) is 16.8 Å². The molecule has 0 atom stereocenters. The number of halogens is 3. The second-order valence-corrected chi connectivity index (χ2v) is 4.68. The Labute approximate surface area is 106 Å². The fourth-order valence-electron chi connectivity index (χ4n) is 1.36. The van der Waals surface area contributed by atoms with E-state index in [1.807, 2.05) is 12.3 Å². The monoisotopic (exact) mass is 273 g/mol. The van der Waals surface area contributed by atoms with Crippen LogP contribution in [0.4, 0.5) is 19.0 Å². The van der Waals surface area contributed by atoms with E-state index < -0.39 is 11.9 Å². The van der Waals surface area contributed by atoms with Gasteiger partial charge in [-0.05, 0) is 19.1 Å². The molecule has 0 radical (unpaired) electrons. The lowest BCUT2D eigenvalue weighted by molar-refractivity contribution is -0.141. The number of aromatic nitrogens is 2. The summed E-state index contributed by atoms with van der Waals surface area (Å²) in [4.78, 5) is 7.71. The number of nitrogens with one attached hydrogen (secondary N) is 1. The Hall–Kier alpha value is -1.63. The van der Waals surface area contributed by atoms with Gasteiger partial charge in [-0.2, -0.15) is 13.2 Å². The van der Waals surface area contributed by atoms with E-state index in [1.54, 1.807) is 0 Å². The van der Waals surface area contributed by atoms with Crippen LogP contribution in [0.25, 0.3) is 0 Å². The summed E-state index contributed by atoms with van der Waals surface area (Å²) in [7, 11) is 0. The molecule has 0 fully saturated rings. The molecule has 2 aromatic rings. The van der Waals surface area contributed by atoms with Gasteiger partial charge in [-0.25, -0.2) is 9.97 Å². The Kier molecular flexibility index (Phi) is 3.51. The van der Waals surface area contributed by atoms with Crippen LogP contribution in [0.5, 0.6) is 0 Å². The molecule has 7 heteroatoms. The lowest BCUT2D eigenvalue weighted by atomic mass is 10.3. The zero-order valence-electron chi connectivity index (χ0n) is 9.45. The SMILES string of the molecule is Cc1nc(CNc2cccc(C(F)(F)F)n2)cs1. The maximum atomic E-state index is 12.4. The maximum absolute atomic E-state index is 12.4. The number of hydrogen-bond acceptors (Lipinski definition) is 4. The molecule has 1 N–H and O–H groups in total. The van der Waals surface area contributed by atoms with Crippen molar-refractivity contribution in [2.24, 2.45) is 0 Å². The van der Waals surface area contributed by atoms with E-state index >= 15 is 0 Å². The minimum Gasteiger partial charge on any atom is -0.364 e. The molecule has 0 aliphatic rings. The smallest absolute Gasteiger partial charge is 0.364 e. The van der Waals surface area contributed by atoms with Crippen LogP contribution in [-0.2, 0) is 12.7 Å². The largest absolute Gasteiger partial charge is 0.433 e. The van der Waals surface area contributed by atoms with Crippen LogP contribution in [0.3, 0.4) is 0 Å². The normalized spacial score (nSPS) is 11.6. The van der Waals surface area contributed by atoms with Crippen molar-refractivity contribution in [1.29, 1.82) is 0 Å². The summed E-state index contributed by atoms with van der Waals surface area (Å²) in [5.74, 6) is 0.190. The molecule has 2 heterocycles.